The number of methoxy groups -OCH3 is 1. The molecule has 0 unspecified atom stereocenters. The standard InChI is InChI=1S/C30H35BrClN3O5S/c1-20(2)17-33-30(37)22(4)34(18-23-8-6-7-9-27(23)32)29(36)19-35(24-12-10-21(3)11-13-24)41(38,39)25-14-15-28(40-5)26(31)16-25/h6-16,20,22H,17-19H2,1-5H3,(H,33,37)/t22-/m1/s1. The lowest BCUT2D eigenvalue weighted by Crippen LogP contribution is -2.51. The molecule has 0 bridgehead atoms. The first-order valence-corrected chi connectivity index (χ1v) is 15.7. The van der Waals surface area contributed by atoms with Gasteiger partial charge in [-0.3, -0.25) is 13.9 Å². The Morgan fingerprint density at radius 1 is 1.02 bits per heavy atom. The zero-order valence-corrected chi connectivity index (χ0v) is 26.9. The number of nitrogens with one attached hydrogen (secondary N) is 1. The van der Waals surface area contributed by atoms with Crippen LogP contribution >= 0.6 is 27.5 Å². The van der Waals surface area contributed by atoms with Crippen molar-refractivity contribution in [3.8, 4) is 5.75 Å². The highest BCUT2D eigenvalue weighted by molar-refractivity contribution is 9.10. The molecule has 0 aliphatic carbocycles. The van der Waals surface area contributed by atoms with Gasteiger partial charge in [0.15, 0.2) is 0 Å². The highest BCUT2D eigenvalue weighted by atomic mass is 79.9. The number of aryl methyl sites for hydroxylation is 1. The zero-order chi connectivity index (χ0) is 30.3. The van der Waals surface area contributed by atoms with Crippen molar-refractivity contribution in [1.29, 1.82) is 0 Å². The number of carbonyl (C=O) groups excluding carboxylic acids is 2. The normalized spacial score (nSPS) is 12.1. The Hall–Kier alpha value is -3.08. The van der Waals surface area contributed by atoms with Gasteiger partial charge in [0.1, 0.15) is 18.3 Å². The lowest BCUT2D eigenvalue weighted by molar-refractivity contribution is -0.139. The van der Waals surface area contributed by atoms with E-state index in [-0.39, 0.29) is 23.3 Å². The Balaban J connectivity index is 2.04. The summed E-state index contributed by atoms with van der Waals surface area (Å²) >= 11 is 9.76. The summed E-state index contributed by atoms with van der Waals surface area (Å²) < 4.78 is 34.8. The van der Waals surface area contributed by atoms with Gasteiger partial charge in [-0.2, -0.15) is 0 Å². The lowest BCUT2D eigenvalue weighted by atomic mass is 10.1. The Kier molecular flexibility index (Phi) is 11.2. The second-order valence-electron chi connectivity index (χ2n) is 10.1. The van der Waals surface area contributed by atoms with Crippen LogP contribution in [0.2, 0.25) is 5.02 Å². The van der Waals surface area contributed by atoms with Crippen molar-refractivity contribution >= 4 is 55.1 Å². The smallest absolute Gasteiger partial charge is 0.264 e. The van der Waals surface area contributed by atoms with Crippen molar-refractivity contribution in [2.45, 2.75) is 45.2 Å². The number of carbonyl (C=O) groups is 2. The molecule has 3 aromatic carbocycles. The summed E-state index contributed by atoms with van der Waals surface area (Å²) in [5.74, 6) is -0.226. The van der Waals surface area contributed by atoms with Crippen LogP contribution in [0.15, 0.2) is 76.1 Å². The van der Waals surface area contributed by atoms with Gasteiger partial charge in [0.05, 0.1) is 22.2 Å². The Morgan fingerprint density at radius 2 is 1.68 bits per heavy atom. The predicted molar refractivity (Wildman–Crippen MR) is 166 cm³/mol. The Labute approximate surface area is 255 Å². The fraction of sp³-hybridized carbons (Fsp3) is 0.333. The second kappa shape index (κ2) is 14.2. The maximum Gasteiger partial charge on any atom is 0.264 e. The van der Waals surface area contributed by atoms with Crippen molar-refractivity contribution in [3.63, 3.8) is 0 Å². The number of halogens is 2. The fourth-order valence-electron chi connectivity index (χ4n) is 4.02. The Bertz CT molecular complexity index is 1480. The van der Waals surface area contributed by atoms with Crippen molar-refractivity contribution in [1.82, 2.24) is 10.2 Å². The number of hydrogen-bond acceptors (Lipinski definition) is 5. The second-order valence-corrected chi connectivity index (χ2v) is 13.2. The summed E-state index contributed by atoms with van der Waals surface area (Å²) in [4.78, 5) is 28.4. The minimum Gasteiger partial charge on any atom is -0.496 e. The minimum atomic E-state index is -4.22. The molecule has 41 heavy (non-hydrogen) atoms. The molecule has 11 heteroatoms. The average molecular weight is 665 g/mol. The number of anilines is 1. The van der Waals surface area contributed by atoms with E-state index in [1.54, 1.807) is 55.5 Å². The lowest BCUT2D eigenvalue weighted by Gasteiger charge is -2.32. The summed E-state index contributed by atoms with van der Waals surface area (Å²) in [6.45, 7) is 7.37. The van der Waals surface area contributed by atoms with Crippen LogP contribution in [-0.4, -0.2) is 51.4 Å². The first-order valence-electron chi connectivity index (χ1n) is 13.1. The SMILES string of the molecule is COc1ccc(S(=O)(=O)N(CC(=O)N(Cc2ccccc2Cl)[C@H](C)C(=O)NCC(C)C)c2ccc(C)cc2)cc1Br. The van der Waals surface area contributed by atoms with Crippen molar-refractivity contribution in [3.05, 3.63) is 87.4 Å². The molecule has 3 rings (SSSR count). The molecule has 0 heterocycles. The number of hydrogen-bond donors (Lipinski definition) is 1. The molecule has 1 atom stereocenters. The van der Waals surface area contributed by atoms with Crippen LogP contribution in [0.25, 0.3) is 0 Å². The van der Waals surface area contributed by atoms with Gasteiger partial charge >= 0.3 is 0 Å². The topological polar surface area (TPSA) is 96.0 Å². The van der Waals surface area contributed by atoms with Gasteiger partial charge in [-0.15, -0.1) is 0 Å². The summed E-state index contributed by atoms with van der Waals surface area (Å²) in [5, 5.41) is 3.30. The van der Waals surface area contributed by atoms with Crippen LogP contribution in [-0.2, 0) is 26.2 Å². The van der Waals surface area contributed by atoms with Crippen LogP contribution in [0, 0.1) is 12.8 Å². The van der Waals surface area contributed by atoms with Gasteiger partial charge in [0, 0.05) is 18.1 Å². The van der Waals surface area contributed by atoms with E-state index in [9.17, 15) is 18.0 Å². The van der Waals surface area contributed by atoms with Gasteiger partial charge in [0.25, 0.3) is 10.0 Å². The molecular weight excluding hydrogens is 630 g/mol. The number of sulfonamides is 1. The molecule has 0 radical (unpaired) electrons. The summed E-state index contributed by atoms with van der Waals surface area (Å²) in [7, 11) is -2.73. The molecule has 8 nitrogen and oxygen atoms in total. The molecular formula is C30H35BrClN3O5S. The average Bonchev–Trinajstić information content (AvgIpc) is 2.94. The number of amides is 2. The number of rotatable bonds is 12. The molecule has 0 aromatic heterocycles. The van der Waals surface area contributed by atoms with Crippen LogP contribution in [0.4, 0.5) is 5.69 Å². The van der Waals surface area contributed by atoms with Gasteiger partial charge in [-0.25, -0.2) is 8.42 Å². The van der Waals surface area contributed by atoms with Crippen LogP contribution < -0.4 is 14.4 Å². The van der Waals surface area contributed by atoms with Crippen molar-refractivity contribution in [2.75, 3.05) is 24.5 Å². The molecule has 0 aliphatic heterocycles. The van der Waals surface area contributed by atoms with Crippen LogP contribution in [0.3, 0.4) is 0 Å². The van der Waals surface area contributed by atoms with E-state index in [2.05, 4.69) is 21.2 Å². The van der Waals surface area contributed by atoms with E-state index >= 15 is 0 Å². The van der Waals surface area contributed by atoms with E-state index in [1.807, 2.05) is 20.8 Å². The third-order valence-electron chi connectivity index (χ3n) is 6.46. The van der Waals surface area contributed by atoms with E-state index < -0.39 is 28.5 Å². The van der Waals surface area contributed by atoms with Gasteiger partial charge < -0.3 is 15.0 Å². The quantitative estimate of drug-likeness (QED) is 0.264. The summed E-state index contributed by atoms with van der Waals surface area (Å²) in [6.07, 6.45) is 0. The van der Waals surface area contributed by atoms with Crippen molar-refractivity contribution in [2.24, 2.45) is 5.92 Å². The largest absolute Gasteiger partial charge is 0.496 e. The monoisotopic (exact) mass is 663 g/mol. The predicted octanol–water partition coefficient (Wildman–Crippen LogP) is 5.80. The molecule has 0 fully saturated rings. The number of nitrogens with zero attached hydrogens (tertiary/aromatic N) is 2. The van der Waals surface area contributed by atoms with Gasteiger partial charge in [-0.05, 0) is 77.7 Å². The molecule has 0 spiro atoms. The molecule has 0 aliphatic rings. The fourth-order valence-corrected chi connectivity index (χ4v) is 6.35. The van der Waals surface area contributed by atoms with E-state index in [0.717, 1.165) is 9.87 Å². The Morgan fingerprint density at radius 3 is 2.27 bits per heavy atom. The third kappa shape index (κ3) is 8.24. The molecule has 3 aromatic rings. The van der Waals surface area contributed by atoms with E-state index in [0.29, 0.717) is 33.0 Å². The van der Waals surface area contributed by atoms with E-state index in [1.165, 1.54) is 30.2 Å². The first-order chi connectivity index (χ1) is 19.3. The summed E-state index contributed by atoms with van der Waals surface area (Å²) in [5.41, 5.74) is 1.88. The summed E-state index contributed by atoms with van der Waals surface area (Å²) in [6, 6.07) is 17.4. The van der Waals surface area contributed by atoms with E-state index in [4.69, 9.17) is 16.3 Å². The first kappa shape index (κ1) is 32.4. The molecule has 0 saturated heterocycles. The minimum absolute atomic E-state index is 0.0185. The number of ether oxygens (including phenoxy) is 1. The zero-order valence-electron chi connectivity index (χ0n) is 23.7. The third-order valence-corrected chi connectivity index (χ3v) is 9.22. The molecule has 1 N–H and O–H groups in total. The van der Waals surface area contributed by atoms with Gasteiger partial charge in [-0.1, -0.05) is 61.3 Å². The molecule has 0 saturated carbocycles. The highest BCUT2D eigenvalue weighted by Gasteiger charge is 2.33. The highest BCUT2D eigenvalue weighted by Crippen LogP contribution is 2.31. The molecule has 220 valence electrons. The van der Waals surface area contributed by atoms with Crippen LogP contribution in [0.5, 0.6) is 5.75 Å². The molecule has 2 amide bonds. The maximum absolute atomic E-state index is 14.0. The van der Waals surface area contributed by atoms with Crippen molar-refractivity contribution < 1.29 is 22.7 Å². The van der Waals surface area contributed by atoms with Gasteiger partial charge in [0.2, 0.25) is 11.8 Å². The maximum atomic E-state index is 14.0. The van der Waals surface area contributed by atoms with Crippen LogP contribution in [0.1, 0.15) is 31.9 Å². The number of benzene rings is 3.